The van der Waals surface area contributed by atoms with Gasteiger partial charge in [0.25, 0.3) is 0 Å². The number of hydrogen-bond donors (Lipinski definition) is 3. The van der Waals surface area contributed by atoms with Crippen LogP contribution in [0.2, 0.25) is 0 Å². The minimum absolute atomic E-state index is 0.447. The van der Waals surface area contributed by atoms with Gasteiger partial charge in [-0.1, -0.05) is 133 Å². The number of pyridine rings is 2. The molecule has 0 fully saturated rings. The molecule has 1 aliphatic rings. The maximum absolute atomic E-state index is 9.36. The van der Waals surface area contributed by atoms with E-state index >= 15 is 0 Å². The molecule has 250 valence electrons. The monoisotopic (exact) mass is 672 g/mol. The van der Waals surface area contributed by atoms with Crippen molar-refractivity contribution < 1.29 is 5.10 Å². The number of hydrazine groups is 1. The molecule has 1 atom stereocenters. The van der Waals surface area contributed by atoms with Crippen LogP contribution in [0.1, 0.15) is 24.5 Å². The van der Waals surface area contributed by atoms with E-state index in [1.807, 2.05) is 66.7 Å². The van der Waals surface area contributed by atoms with E-state index in [1.54, 1.807) is 6.20 Å². The third kappa shape index (κ3) is 6.72. The normalized spacial score (nSPS) is 16.4. The van der Waals surface area contributed by atoms with E-state index in [1.165, 1.54) is 22.3 Å². The van der Waals surface area contributed by atoms with Crippen LogP contribution in [0, 0.1) is 5.41 Å². The molecule has 0 amide bonds. The molecule has 1 unspecified atom stereocenters. The molecule has 0 radical (unpaired) electrons. The van der Waals surface area contributed by atoms with E-state index in [0.29, 0.717) is 5.71 Å². The fraction of sp³-hybridized carbons (Fsp3) is 0.0638. The number of nitrogens with zero attached hydrogens (tertiary/aromatic N) is 2. The molecular formula is C47H38N5+. The molecule has 0 saturated carbocycles. The van der Waals surface area contributed by atoms with Gasteiger partial charge in [0.1, 0.15) is 5.71 Å². The molecule has 0 bridgehead atoms. The van der Waals surface area contributed by atoms with Gasteiger partial charge >= 0.3 is 0 Å². The Kier molecular flexibility index (Phi) is 8.90. The van der Waals surface area contributed by atoms with Crippen LogP contribution < -0.4 is 10.5 Å². The summed E-state index contributed by atoms with van der Waals surface area (Å²) in [6, 6.07) is 58.4. The van der Waals surface area contributed by atoms with E-state index in [-0.39, 0.29) is 0 Å². The second-order valence-electron chi connectivity index (χ2n) is 13.3. The summed E-state index contributed by atoms with van der Waals surface area (Å²) in [4.78, 5) is 9.32. The molecule has 1 aliphatic carbocycles. The van der Waals surface area contributed by atoms with E-state index in [9.17, 15) is 5.41 Å². The number of hydrogen-bond acceptors (Lipinski definition) is 4. The van der Waals surface area contributed by atoms with Gasteiger partial charge in [-0.15, -0.1) is 5.10 Å². The molecule has 52 heavy (non-hydrogen) atoms. The standard InChI is InChI=1S/C47H37N5/c1-47(40-26-22-36(23-27-40)34-13-6-3-7-14-34)32-39(37-20-18-35(19-21-37)33-11-4-2-5-12-33)31-42(48)46(47)52-51-41-28-24-38(25-29-41)43-16-10-17-45(50-43)44-15-8-9-30-49-44/h2-31,48,51H,32H2,1H3/p+1. The fourth-order valence-electron chi connectivity index (χ4n) is 6.98. The Morgan fingerprint density at radius 1 is 0.538 bits per heavy atom. The second-order valence-corrected chi connectivity index (χ2v) is 13.3. The molecule has 7 aromatic rings. The summed E-state index contributed by atoms with van der Waals surface area (Å²) in [5, 5.41) is 12.8. The molecular weight excluding hydrogens is 635 g/mol. The van der Waals surface area contributed by atoms with Gasteiger partial charge in [0.2, 0.25) is 5.71 Å². The van der Waals surface area contributed by atoms with Crippen LogP contribution in [0.4, 0.5) is 5.69 Å². The maximum atomic E-state index is 9.36. The fourth-order valence-corrected chi connectivity index (χ4v) is 6.98. The third-order valence-corrected chi connectivity index (χ3v) is 9.86. The van der Waals surface area contributed by atoms with Crippen molar-refractivity contribution in [1.82, 2.24) is 9.97 Å². The molecule has 0 saturated heterocycles. The molecule has 8 rings (SSSR count). The molecule has 0 spiro atoms. The first-order valence-corrected chi connectivity index (χ1v) is 17.5. The summed E-state index contributed by atoms with van der Waals surface area (Å²) in [5.74, 6) is 0. The number of nitrogens with one attached hydrogen (secondary N) is 3. The first kappa shape index (κ1) is 32.5. The summed E-state index contributed by atoms with van der Waals surface area (Å²) in [7, 11) is 0. The zero-order valence-electron chi connectivity index (χ0n) is 28.9. The largest absolute Gasteiger partial charge is 0.295 e. The van der Waals surface area contributed by atoms with Crippen molar-refractivity contribution in [2.75, 3.05) is 5.43 Å². The van der Waals surface area contributed by atoms with Crippen molar-refractivity contribution in [3.8, 4) is 44.9 Å². The maximum Gasteiger partial charge on any atom is 0.238 e. The average molecular weight is 673 g/mol. The van der Waals surface area contributed by atoms with Gasteiger partial charge in [-0.2, -0.15) is 5.43 Å². The number of benzene rings is 5. The number of allylic oxidation sites excluding steroid dienone is 2. The molecule has 3 N–H and O–H groups in total. The van der Waals surface area contributed by atoms with Crippen LogP contribution in [0.25, 0.3) is 50.5 Å². The van der Waals surface area contributed by atoms with Gasteiger partial charge in [-0.25, -0.2) is 4.98 Å². The van der Waals surface area contributed by atoms with Crippen LogP contribution in [0.3, 0.4) is 0 Å². The Bertz CT molecular complexity index is 2380. The quantitative estimate of drug-likeness (QED) is 0.141. The van der Waals surface area contributed by atoms with Gasteiger partial charge in [-0.05, 0) is 94.8 Å². The van der Waals surface area contributed by atoms with Crippen molar-refractivity contribution in [3.05, 3.63) is 193 Å². The highest BCUT2D eigenvalue weighted by Crippen LogP contribution is 2.40. The van der Waals surface area contributed by atoms with Crippen molar-refractivity contribution in [2.45, 2.75) is 18.8 Å². The molecule has 5 heteroatoms. The highest BCUT2D eigenvalue weighted by Gasteiger charge is 2.44. The smallest absolute Gasteiger partial charge is 0.238 e. The molecule has 2 aromatic heterocycles. The Morgan fingerprint density at radius 2 is 1.08 bits per heavy atom. The van der Waals surface area contributed by atoms with Crippen molar-refractivity contribution in [1.29, 1.82) is 5.41 Å². The van der Waals surface area contributed by atoms with Crippen LogP contribution in [0.15, 0.2) is 182 Å². The van der Waals surface area contributed by atoms with E-state index in [2.05, 4.69) is 132 Å². The highest BCUT2D eigenvalue weighted by atomic mass is 15.3. The Morgan fingerprint density at radius 3 is 1.71 bits per heavy atom. The molecule has 0 aliphatic heterocycles. The first-order valence-electron chi connectivity index (χ1n) is 17.5. The summed E-state index contributed by atoms with van der Waals surface area (Å²) in [6.07, 6.45) is 4.52. The van der Waals surface area contributed by atoms with Crippen LogP contribution in [-0.4, -0.2) is 21.4 Å². The molecule has 2 heterocycles. The highest BCUT2D eigenvalue weighted by molar-refractivity contribution is 6.48. The van der Waals surface area contributed by atoms with Gasteiger partial charge < -0.3 is 0 Å². The Hall–Kier alpha value is -6.72. The number of rotatable bonds is 8. The number of anilines is 1. The van der Waals surface area contributed by atoms with Gasteiger partial charge in [0.15, 0.2) is 0 Å². The van der Waals surface area contributed by atoms with E-state index in [0.717, 1.165) is 57.2 Å². The van der Waals surface area contributed by atoms with Crippen LogP contribution in [-0.2, 0) is 5.41 Å². The lowest BCUT2D eigenvalue weighted by Crippen LogP contribution is -2.82. The second kappa shape index (κ2) is 14.3. The summed E-state index contributed by atoms with van der Waals surface area (Å²) in [6.45, 7) is 2.23. The van der Waals surface area contributed by atoms with Gasteiger partial charge in [0.05, 0.1) is 28.2 Å². The predicted octanol–water partition coefficient (Wildman–Crippen LogP) is 9.46. The Labute approximate surface area is 304 Å². The first-order chi connectivity index (χ1) is 25.5. The minimum atomic E-state index is -0.503. The molecule has 5 aromatic carbocycles. The number of hydrazone groups is 1. The summed E-state index contributed by atoms with van der Waals surface area (Å²) < 4.78 is 0. The molecule has 5 nitrogen and oxygen atoms in total. The third-order valence-electron chi connectivity index (χ3n) is 9.86. The lowest BCUT2D eigenvalue weighted by Gasteiger charge is -2.32. The van der Waals surface area contributed by atoms with Crippen molar-refractivity contribution in [3.63, 3.8) is 0 Å². The van der Waals surface area contributed by atoms with Crippen molar-refractivity contribution in [2.24, 2.45) is 0 Å². The lowest BCUT2D eigenvalue weighted by molar-refractivity contribution is -0.420. The van der Waals surface area contributed by atoms with Gasteiger partial charge in [0, 0.05) is 11.8 Å². The zero-order chi connectivity index (χ0) is 35.3. The van der Waals surface area contributed by atoms with E-state index < -0.39 is 5.41 Å². The summed E-state index contributed by atoms with van der Waals surface area (Å²) >= 11 is 0. The SMILES string of the molecule is CC1(c2ccc(-c3ccccc3)cc2)CC(c2ccc(-c3ccccc3)cc2)=CC(=N)C1=[NH+]Nc1ccc(-c2cccc(-c3ccccn3)n2)cc1. The minimum Gasteiger partial charge on any atom is -0.295 e. The Balaban J connectivity index is 1.10. The van der Waals surface area contributed by atoms with Crippen LogP contribution >= 0.6 is 0 Å². The predicted molar refractivity (Wildman–Crippen MR) is 214 cm³/mol. The lowest BCUT2D eigenvalue weighted by atomic mass is 9.67. The van der Waals surface area contributed by atoms with Crippen molar-refractivity contribution >= 4 is 22.7 Å². The van der Waals surface area contributed by atoms with Crippen LogP contribution in [0.5, 0.6) is 0 Å². The van der Waals surface area contributed by atoms with E-state index in [4.69, 9.17) is 4.98 Å². The topological polar surface area (TPSA) is 75.6 Å². The zero-order valence-corrected chi connectivity index (χ0v) is 28.9. The number of aromatic nitrogens is 2. The average Bonchev–Trinajstić information content (AvgIpc) is 3.22. The summed E-state index contributed by atoms with van der Waals surface area (Å²) in [5.41, 5.74) is 16.8. The van der Waals surface area contributed by atoms with Gasteiger partial charge in [-0.3, -0.25) is 10.4 Å².